The Morgan fingerprint density at radius 2 is 1.77 bits per heavy atom. The number of fused-ring (bicyclic) bond motifs is 1. The topological polar surface area (TPSA) is 41.6 Å². The second-order valence-corrected chi connectivity index (χ2v) is 9.15. The predicted molar refractivity (Wildman–Crippen MR) is 120 cm³/mol. The van der Waals surface area contributed by atoms with Crippen LogP contribution in [0.25, 0.3) is 0 Å². The summed E-state index contributed by atoms with van der Waals surface area (Å²) in [5, 5.41) is 2.94. The molecule has 1 saturated heterocycles. The van der Waals surface area contributed by atoms with Gasteiger partial charge in [-0.2, -0.15) is 0 Å². The molecule has 1 amide bonds. The molecule has 1 N–H and O–H groups in total. The minimum Gasteiger partial charge on any atom is -0.490 e. The number of anilines is 1. The average Bonchev–Trinajstić information content (AvgIpc) is 3.61. The molecule has 0 spiro atoms. The monoisotopic (exact) mass is 404 g/mol. The highest BCUT2D eigenvalue weighted by Gasteiger charge is 2.23. The molecule has 1 aliphatic carbocycles. The Labute approximate surface area is 179 Å². The third-order valence-electron chi connectivity index (χ3n) is 6.78. The quantitative estimate of drug-likeness (QED) is 0.712. The van der Waals surface area contributed by atoms with Gasteiger partial charge >= 0.3 is 0 Å². The maximum Gasteiger partial charge on any atom is 0.224 e. The van der Waals surface area contributed by atoms with Gasteiger partial charge in [0.15, 0.2) is 0 Å². The van der Waals surface area contributed by atoms with E-state index in [1.54, 1.807) is 0 Å². The molecule has 5 rings (SSSR count). The van der Waals surface area contributed by atoms with Crippen molar-refractivity contribution in [2.24, 2.45) is 0 Å². The van der Waals surface area contributed by atoms with Crippen LogP contribution in [0, 0.1) is 0 Å². The van der Waals surface area contributed by atoms with E-state index in [4.69, 9.17) is 4.74 Å². The highest BCUT2D eigenvalue weighted by atomic mass is 16.5. The molecular formula is C26H32N2O2. The van der Waals surface area contributed by atoms with Crippen LogP contribution < -0.4 is 10.1 Å². The third-order valence-corrected chi connectivity index (χ3v) is 6.78. The number of nitrogens with zero attached hydrogens (tertiary/aromatic N) is 1. The fourth-order valence-corrected chi connectivity index (χ4v) is 4.76. The molecular weight excluding hydrogens is 372 g/mol. The first-order valence-electron chi connectivity index (χ1n) is 11.6. The Morgan fingerprint density at radius 1 is 0.967 bits per heavy atom. The number of hydrogen-bond donors (Lipinski definition) is 1. The molecule has 2 fully saturated rings. The second kappa shape index (κ2) is 8.81. The van der Waals surface area contributed by atoms with Crippen molar-refractivity contribution in [2.75, 3.05) is 25.0 Å². The lowest BCUT2D eigenvalue weighted by atomic mass is 10.0. The molecule has 0 atom stereocenters. The van der Waals surface area contributed by atoms with E-state index >= 15 is 0 Å². The number of rotatable bonds is 7. The molecule has 4 nitrogen and oxygen atoms in total. The van der Waals surface area contributed by atoms with Crippen LogP contribution in [0.2, 0.25) is 0 Å². The zero-order valence-corrected chi connectivity index (χ0v) is 17.7. The van der Waals surface area contributed by atoms with E-state index in [-0.39, 0.29) is 5.91 Å². The van der Waals surface area contributed by atoms with Crippen molar-refractivity contribution in [1.29, 1.82) is 0 Å². The number of piperidine rings is 1. The zero-order valence-electron chi connectivity index (χ0n) is 17.7. The van der Waals surface area contributed by atoms with Crippen LogP contribution in [0.15, 0.2) is 42.5 Å². The van der Waals surface area contributed by atoms with Gasteiger partial charge in [0, 0.05) is 25.2 Å². The molecule has 2 heterocycles. The van der Waals surface area contributed by atoms with E-state index in [0.717, 1.165) is 49.7 Å². The first kappa shape index (κ1) is 19.6. The second-order valence-electron chi connectivity index (χ2n) is 9.15. The summed E-state index contributed by atoms with van der Waals surface area (Å²) in [4.78, 5) is 14.1. The molecule has 0 radical (unpaired) electrons. The first-order valence-corrected chi connectivity index (χ1v) is 11.6. The highest BCUT2D eigenvalue weighted by Crippen LogP contribution is 2.39. The number of aryl methyl sites for hydroxylation is 2. The van der Waals surface area contributed by atoms with E-state index in [1.165, 1.54) is 48.9 Å². The van der Waals surface area contributed by atoms with Gasteiger partial charge in [-0.05, 0) is 92.3 Å². The lowest BCUT2D eigenvalue weighted by Gasteiger charge is -2.32. The Bertz CT molecular complexity index is 880. The fraction of sp³-hybridized carbons (Fsp3) is 0.500. The molecule has 0 unspecified atom stereocenters. The van der Waals surface area contributed by atoms with Crippen molar-refractivity contribution in [3.8, 4) is 5.75 Å². The van der Waals surface area contributed by atoms with Crippen molar-refractivity contribution in [3.63, 3.8) is 0 Å². The highest BCUT2D eigenvalue weighted by molar-refractivity contribution is 5.93. The molecule has 1 saturated carbocycles. The van der Waals surface area contributed by atoms with Gasteiger partial charge in [-0.3, -0.25) is 4.79 Å². The SMILES string of the molecule is O=C1CCc2cc(OC3CCN(CCCc4ccc(C5CC5)cc4)CC3)ccc2N1. The van der Waals surface area contributed by atoms with Gasteiger partial charge in [-0.15, -0.1) is 0 Å². The molecule has 2 aliphatic heterocycles. The summed E-state index contributed by atoms with van der Waals surface area (Å²) < 4.78 is 6.27. The molecule has 158 valence electrons. The molecule has 2 aromatic carbocycles. The molecule has 4 heteroatoms. The van der Waals surface area contributed by atoms with Crippen LogP contribution in [0.5, 0.6) is 5.75 Å². The normalized spacial score (nSPS) is 19.9. The lowest BCUT2D eigenvalue weighted by Crippen LogP contribution is -2.38. The van der Waals surface area contributed by atoms with Gasteiger partial charge < -0.3 is 15.0 Å². The molecule has 30 heavy (non-hydrogen) atoms. The largest absolute Gasteiger partial charge is 0.490 e. The number of carbonyl (C=O) groups excluding carboxylic acids is 1. The molecule has 3 aliphatic rings. The first-order chi connectivity index (χ1) is 14.7. The average molecular weight is 405 g/mol. The Morgan fingerprint density at radius 3 is 2.53 bits per heavy atom. The van der Waals surface area contributed by atoms with Gasteiger partial charge in [0.2, 0.25) is 5.91 Å². The number of likely N-dealkylation sites (tertiary alicyclic amines) is 1. The van der Waals surface area contributed by atoms with E-state index < -0.39 is 0 Å². The van der Waals surface area contributed by atoms with Crippen molar-refractivity contribution >= 4 is 11.6 Å². The standard InChI is InChI=1S/C26H32N2O2/c29-26-12-9-22-18-24(10-11-25(22)27-26)30-23-13-16-28(17-14-23)15-1-2-19-3-5-20(6-4-19)21-7-8-21/h3-6,10-11,18,21,23H,1-2,7-9,12-17H2,(H,27,29). The van der Waals surface area contributed by atoms with Gasteiger partial charge in [0.25, 0.3) is 0 Å². The lowest BCUT2D eigenvalue weighted by molar-refractivity contribution is -0.116. The van der Waals surface area contributed by atoms with Crippen molar-refractivity contribution in [3.05, 3.63) is 59.2 Å². The van der Waals surface area contributed by atoms with E-state index in [1.807, 2.05) is 12.1 Å². The van der Waals surface area contributed by atoms with Crippen molar-refractivity contribution < 1.29 is 9.53 Å². The number of ether oxygens (including phenoxy) is 1. The van der Waals surface area contributed by atoms with Crippen LogP contribution in [0.1, 0.15) is 61.1 Å². The minimum atomic E-state index is 0.110. The van der Waals surface area contributed by atoms with Crippen LogP contribution in [0.3, 0.4) is 0 Å². The maximum atomic E-state index is 11.5. The van der Waals surface area contributed by atoms with Gasteiger partial charge in [-0.25, -0.2) is 0 Å². The van der Waals surface area contributed by atoms with E-state index in [2.05, 4.69) is 40.5 Å². The van der Waals surface area contributed by atoms with Crippen molar-refractivity contribution in [1.82, 2.24) is 4.90 Å². The third kappa shape index (κ3) is 4.86. The summed E-state index contributed by atoms with van der Waals surface area (Å²) in [5.74, 6) is 1.90. The fourth-order valence-electron chi connectivity index (χ4n) is 4.76. The predicted octanol–water partition coefficient (Wildman–Crippen LogP) is 4.92. The van der Waals surface area contributed by atoms with Gasteiger partial charge in [-0.1, -0.05) is 24.3 Å². The maximum absolute atomic E-state index is 11.5. The van der Waals surface area contributed by atoms with Crippen LogP contribution in [0.4, 0.5) is 5.69 Å². The summed E-state index contributed by atoms with van der Waals surface area (Å²) in [7, 11) is 0. The minimum absolute atomic E-state index is 0.110. The van der Waals surface area contributed by atoms with Gasteiger partial charge in [0.05, 0.1) is 0 Å². The number of carbonyl (C=O) groups is 1. The number of amides is 1. The zero-order chi connectivity index (χ0) is 20.3. The summed E-state index contributed by atoms with van der Waals surface area (Å²) in [6.07, 6.45) is 9.01. The Hall–Kier alpha value is -2.33. The van der Waals surface area contributed by atoms with Gasteiger partial charge in [0.1, 0.15) is 11.9 Å². The number of nitrogens with one attached hydrogen (secondary N) is 1. The molecule has 0 aromatic heterocycles. The summed E-state index contributed by atoms with van der Waals surface area (Å²) in [6, 6.07) is 15.4. The molecule has 2 aromatic rings. The molecule has 0 bridgehead atoms. The Balaban J connectivity index is 1.04. The van der Waals surface area contributed by atoms with E-state index in [9.17, 15) is 4.79 Å². The Kier molecular flexibility index (Phi) is 5.76. The smallest absolute Gasteiger partial charge is 0.224 e. The van der Waals surface area contributed by atoms with Crippen molar-refractivity contribution in [2.45, 2.75) is 63.4 Å². The summed E-state index contributed by atoms with van der Waals surface area (Å²) in [5.41, 5.74) is 5.14. The number of benzene rings is 2. The summed E-state index contributed by atoms with van der Waals surface area (Å²) in [6.45, 7) is 3.41. The van der Waals surface area contributed by atoms with Crippen LogP contribution >= 0.6 is 0 Å². The van der Waals surface area contributed by atoms with Crippen LogP contribution in [-0.2, 0) is 17.6 Å². The summed E-state index contributed by atoms with van der Waals surface area (Å²) >= 11 is 0. The van der Waals surface area contributed by atoms with Crippen LogP contribution in [-0.4, -0.2) is 36.5 Å². The number of hydrogen-bond acceptors (Lipinski definition) is 3. The van der Waals surface area contributed by atoms with E-state index in [0.29, 0.717) is 12.5 Å².